The zero-order valence-corrected chi connectivity index (χ0v) is 14.3. The Bertz CT molecular complexity index is 478. The molecule has 116 valence electrons. The van der Waals surface area contributed by atoms with Gasteiger partial charge in [-0.2, -0.15) is 0 Å². The number of aromatic nitrogens is 2. The minimum Gasteiger partial charge on any atom is -0.256 e. The second kappa shape index (κ2) is 7.35. The maximum Gasteiger partial charge on any atom is 0.158 e. The van der Waals surface area contributed by atoms with Gasteiger partial charge in [0.1, 0.15) is 11.5 Å². The number of hydrogen-bond donors (Lipinski definition) is 0. The zero-order valence-electron chi connectivity index (χ0n) is 13.6. The van der Waals surface area contributed by atoms with Gasteiger partial charge in [0.15, 0.2) is 5.15 Å². The SMILES string of the molecule is CC1CC2CCCC2C1.CC=Nc1c(C)nc(C)nc1Cl. The number of halogens is 1. The average Bonchev–Trinajstić information content (AvgIpc) is 2.94. The fraction of sp³-hybridized carbons (Fsp3) is 0.706. The monoisotopic (exact) mass is 307 g/mol. The molecule has 0 radical (unpaired) electrons. The summed E-state index contributed by atoms with van der Waals surface area (Å²) in [5, 5.41) is 0.415. The first-order valence-corrected chi connectivity index (χ1v) is 8.38. The first-order valence-electron chi connectivity index (χ1n) is 8.00. The summed E-state index contributed by atoms with van der Waals surface area (Å²) < 4.78 is 0. The number of aryl methyl sites for hydroxylation is 2. The van der Waals surface area contributed by atoms with Crippen molar-refractivity contribution in [3.63, 3.8) is 0 Å². The van der Waals surface area contributed by atoms with Crippen LogP contribution >= 0.6 is 11.6 Å². The Balaban J connectivity index is 0.000000159. The van der Waals surface area contributed by atoms with E-state index in [9.17, 15) is 0 Å². The molecular formula is C17H26ClN3. The highest BCUT2D eigenvalue weighted by Gasteiger charge is 2.34. The normalized spacial score (nSPS) is 27.6. The molecule has 2 saturated carbocycles. The first-order chi connectivity index (χ1) is 10.0. The van der Waals surface area contributed by atoms with Crippen LogP contribution < -0.4 is 0 Å². The third-order valence-electron chi connectivity index (χ3n) is 4.61. The Labute approximate surface area is 133 Å². The lowest BCUT2D eigenvalue weighted by molar-refractivity contribution is 0.457. The summed E-state index contributed by atoms with van der Waals surface area (Å²) in [6, 6.07) is 0. The predicted octanol–water partition coefficient (Wildman–Crippen LogP) is 5.30. The van der Waals surface area contributed by atoms with E-state index in [1.54, 1.807) is 38.8 Å². The maximum atomic E-state index is 5.85. The van der Waals surface area contributed by atoms with Crippen molar-refractivity contribution in [1.29, 1.82) is 0 Å². The molecule has 0 bridgehead atoms. The molecule has 2 unspecified atom stereocenters. The fourth-order valence-electron chi connectivity index (χ4n) is 3.80. The summed E-state index contributed by atoms with van der Waals surface area (Å²) in [5.41, 5.74) is 1.47. The molecular weight excluding hydrogens is 282 g/mol. The number of rotatable bonds is 1. The first kappa shape index (κ1) is 16.4. The summed E-state index contributed by atoms with van der Waals surface area (Å²) in [4.78, 5) is 12.2. The van der Waals surface area contributed by atoms with Crippen molar-refractivity contribution in [1.82, 2.24) is 9.97 Å². The van der Waals surface area contributed by atoms with Gasteiger partial charge in [-0.3, -0.25) is 4.99 Å². The fourth-order valence-corrected chi connectivity index (χ4v) is 4.11. The third-order valence-corrected chi connectivity index (χ3v) is 4.88. The second-order valence-electron chi connectivity index (χ2n) is 6.41. The van der Waals surface area contributed by atoms with E-state index in [-0.39, 0.29) is 0 Å². The third kappa shape index (κ3) is 4.26. The Morgan fingerprint density at radius 1 is 1.14 bits per heavy atom. The van der Waals surface area contributed by atoms with Crippen LogP contribution in [0.4, 0.5) is 5.69 Å². The van der Waals surface area contributed by atoms with Gasteiger partial charge in [-0.1, -0.05) is 37.8 Å². The smallest absolute Gasteiger partial charge is 0.158 e. The number of aliphatic imine (C=N–C) groups is 1. The quantitative estimate of drug-likeness (QED) is 0.521. The number of fused-ring (bicyclic) bond motifs is 1. The van der Waals surface area contributed by atoms with Crippen LogP contribution in [-0.2, 0) is 0 Å². The topological polar surface area (TPSA) is 38.1 Å². The van der Waals surface area contributed by atoms with Crippen LogP contribution in [0.5, 0.6) is 0 Å². The Morgan fingerprint density at radius 3 is 2.29 bits per heavy atom. The molecule has 0 aromatic carbocycles. The zero-order chi connectivity index (χ0) is 15.4. The molecule has 0 aliphatic heterocycles. The molecule has 1 aromatic rings. The molecule has 0 N–H and O–H groups in total. The van der Waals surface area contributed by atoms with Crippen LogP contribution in [0.25, 0.3) is 0 Å². The van der Waals surface area contributed by atoms with Crippen molar-refractivity contribution < 1.29 is 0 Å². The van der Waals surface area contributed by atoms with Crippen LogP contribution in [0.1, 0.15) is 57.5 Å². The highest BCUT2D eigenvalue weighted by Crippen LogP contribution is 2.46. The second-order valence-corrected chi connectivity index (χ2v) is 6.77. The van der Waals surface area contributed by atoms with Crippen molar-refractivity contribution in [2.45, 2.75) is 59.8 Å². The van der Waals surface area contributed by atoms with Crippen LogP contribution in [0.3, 0.4) is 0 Å². The van der Waals surface area contributed by atoms with Gasteiger partial charge in [0.2, 0.25) is 0 Å². The minimum atomic E-state index is 0.415. The molecule has 4 heteroatoms. The molecule has 2 fully saturated rings. The van der Waals surface area contributed by atoms with Crippen molar-refractivity contribution in [3.05, 3.63) is 16.7 Å². The molecule has 0 saturated heterocycles. The van der Waals surface area contributed by atoms with Gasteiger partial charge in [0, 0.05) is 6.21 Å². The number of hydrogen-bond acceptors (Lipinski definition) is 3. The van der Waals surface area contributed by atoms with E-state index in [0.717, 1.165) is 23.4 Å². The Morgan fingerprint density at radius 2 is 1.76 bits per heavy atom. The molecule has 1 heterocycles. The lowest BCUT2D eigenvalue weighted by atomic mass is 10.0. The number of nitrogens with zero attached hydrogens (tertiary/aromatic N) is 3. The van der Waals surface area contributed by atoms with E-state index < -0.39 is 0 Å². The van der Waals surface area contributed by atoms with Crippen molar-refractivity contribution in [3.8, 4) is 0 Å². The highest BCUT2D eigenvalue weighted by atomic mass is 35.5. The molecule has 21 heavy (non-hydrogen) atoms. The van der Waals surface area contributed by atoms with E-state index in [1.165, 1.54) is 6.42 Å². The van der Waals surface area contributed by atoms with Crippen LogP contribution in [-0.4, -0.2) is 16.2 Å². The standard InChI is InChI=1S/C9H16.C8H10ClN3/c1-7-5-8-3-2-4-9(8)6-7;1-4-10-7-5(2)11-6(3)12-8(7)9/h7-9H,2-6H2,1H3;4H,1-3H3. The Hall–Kier alpha value is -0.960. The van der Waals surface area contributed by atoms with Gasteiger partial charge in [0.05, 0.1) is 5.69 Å². The van der Waals surface area contributed by atoms with Gasteiger partial charge in [-0.15, -0.1) is 0 Å². The van der Waals surface area contributed by atoms with E-state index in [1.807, 2.05) is 13.8 Å². The molecule has 2 aliphatic rings. The van der Waals surface area contributed by atoms with Crippen molar-refractivity contribution >= 4 is 23.5 Å². The van der Waals surface area contributed by atoms with Crippen LogP contribution in [0, 0.1) is 31.6 Å². The van der Waals surface area contributed by atoms with Gasteiger partial charge in [0.25, 0.3) is 0 Å². The molecule has 3 nitrogen and oxygen atoms in total. The summed E-state index contributed by atoms with van der Waals surface area (Å²) >= 11 is 5.85. The minimum absolute atomic E-state index is 0.415. The summed E-state index contributed by atoms with van der Waals surface area (Å²) in [5.74, 6) is 4.04. The van der Waals surface area contributed by atoms with Gasteiger partial charge >= 0.3 is 0 Å². The van der Waals surface area contributed by atoms with Gasteiger partial charge in [-0.05, 0) is 51.4 Å². The van der Waals surface area contributed by atoms with E-state index >= 15 is 0 Å². The van der Waals surface area contributed by atoms with Gasteiger partial charge < -0.3 is 0 Å². The van der Waals surface area contributed by atoms with E-state index in [2.05, 4.69) is 21.9 Å². The largest absolute Gasteiger partial charge is 0.256 e. The van der Waals surface area contributed by atoms with Crippen LogP contribution in [0.15, 0.2) is 4.99 Å². The summed E-state index contributed by atoms with van der Waals surface area (Å²) in [7, 11) is 0. The lowest BCUT2D eigenvalue weighted by Crippen LogP contribution is -1.95. The molecule has 1 aromatic heterocycles. The molecule has 2 aliphatic carbocycles. The molecule has 0 spiro atoms. The maximum absolute atomic E-state index is 5.85. The molecule has 0 amide bonds. The summed E-state index contributed by atoms with van der Waals surface area (Å²) in [6.07, 6.45) is 9.40. The highest BCUT2D eigenvalue weighted by molar-refractivity contribution is 6.31. The summed E-state index contributed by atoms with van der Waals surface area (Å²) in [6.45, 7) is 7.91. The van der Waals surface area contributed by atoms with E-state index in [4.69, 9.17) is 11.6 Å². The van der Waals surface area contributed by atoms with Crippen molar-refractivity contribution in [2.75, 3.05) is 0 Å². The van der Waals surface area contributed by atoms with Crippen molar-refractivity contribution in [2.24, 2.45) is 22.7 Å². The predicted molar refractivity (Wildman–Crippen MR) is 89.6 cm³/mol. The van der Waals surface area contributed by atoms with E-state index in [0.29, 0.717) is 16.7 Å². The van der Waals surface area contributed by atoms with Gasteiger partial charge in [-0.25, -0.2) is 9.97 Å². The van der Waals surface area contributed by atoms with Crippen LogP contribution in [0.2, 0.25) is 5.15 Å². The molecule has 2 atom stereocenters. The molecule has 3 rings (SSSR count). The average molecular weight is 308 g/mol. The lowest BCUT2D eigenvalue weighted by Gasteiger charge is -2.04. The Kier molecular flexibility index (Phi) is 5.74.